The van der Waals surface area contributed by atoms with Crippen LogP contribution < -0.4 is 0 Å². The maximum Gasteiger partial charge on any atom is 0.166 e. The molecule has 3 atom stereocenters. The number of aldehydes is 1. The molecule has 0 fully saturated rings. The van der Waals surface area contributed by atoms with Crippen LogP contribution in [0.25, 0.3) is 0 Å². The number of aliphatic hydroxyl groups excluding tert-OH is 2. The minimum absolute atomic E-state index is 0.108. The van der Waals surface area contributed by atoms with Crippen molar-refractivity contribution in [2.75, 3.05) is 0 Å². The Balaban J connectivity index is 2.51. The highest BCUT2D eigenvalue weighted by Crippen LogP contribution is 2.32. The van der Waals surface area contributed by atoms with Crippen LogP contribution in [-0.2, 0) is 9.59 Å². The van der Waals surface area contributed by atoms with E-state index in [-0.39, 0.29) is 17.5 Å². The van der Waals surface area contributed by atoms with E-state index in [1.807, 2.05) is 12.2 Å². The molecule has 2 N–H and O–H groups in total. The minimum atomic E-state index is -0.536. The number of allylic oxidation sites excluding steroid dienone is 5. The van der Waals surface area contributed by atoms with Crippen LogP contribution in [0.2, 0.25) is 0 Å². The van der Waals surface area contributed by atoms with Gasteiger partial charge >= 0.3 is 0 Å². The van der Waals surface area contributed by atoms with Crippen molar-refractivity contribution in [1.82, 2.24) is 0 Å². The van der Waals surface area contributed by atoms with E-state index in [2.05, 4.69) is 6.92 Å². The Bertz CT molecular complexity index is 476. The van der Waals surface area contributed by atoms with Crippen molar-refractivity contribution in [3.63, 3.8) is 0 Å². The number of hydrogen-bond acceptors (Lipinski definition) is 4. The molecule has 1 rings (SSSR count). The van der Waals surface area contributed by atoms with E-state index in [4.69, 9.17) is 0 Å². The summed E-state index contributed by atoms with van der Waals surface area (Å²) in [6.07, 6.45) is 15.7. The van der Waals surface area contributed by atoms with Gasteiger partial charge < -0.3 is 15.0 Å². The molecule has 0 aromatic rings. The Morgan fingerprint density at radius 3 is 2.71 bits per heavy atom. The number of carbonyl (C=O) groups excluding carboxylic acids is 2. The average Bonchev–Trinajstić information content (AvgIpc) is 2.82. The predicted octanol–water partition coefficient (Wildman–Crippen LogP) is 4.06. The van der Waals surface area contributed by atoms with Gasteiger partial charge in [0.1, 0.15) is 12.0 Å². The second-order valence-electron chi connectivity index (χ2n) is 6.36. The van der Waals surface area contributed by atoms with Crippen LogP contribution in [0.4, 0.5) is 0 Å². The summed E-state index contributed by atoms with van der Waals surface area (Å²) in [6.45, 7) is 2.12. The number of hydrogen-bond donors (Lipinski definition) is 2. The molecular formula is C20H30O4. The standard InChI is InChI=1S/C20H30O4/c1-2-3-7-10-16(22)12-13-18-17(19(23)15-20(18)24)11-8-5-4-6-9-14-21/h5,8,12-18,22-23H,2-4,6-7,9-11H2,1H3. The van der Waals surface area contributed by atoms with Gasteiger partial charge in [0.2, 0.25) is 0 Å². The molecule has 0 bridgehead atoms. The van der Waals surface area contributed by atoms with Crippen LogP contribution in [0.3, 0.4) is 0 Å². The predicted molar refractivity (Wildman–Crippen MR) is 95.7 cm³/mol. The van der Waals surface area contributed by atoms with Crippen molar-refractivity contribution in [1.29, 1.82) is 0 Å². The van der Waals surface area contributed by atoms with Crippen LogP contribution in [0.15, 0.2) is 36.1 Å². The molecule has 134 valence electrons. The van der Waals surface area contributed by atoms with E-state index in [1.165, 1.54) is 6.08 Å². The molecule has 0 aliphatic heterocycles. The molecule has 4 nitrogen and oxygen atoms in total. The quantitative estimate of drug-likeness (QED) is 0.321. The van der Waals surface area contributed by atoms with Crippen molar-refractivity contribution in [2.24, 2.45) is 11.8 Å². The van der Waals surface area contributed by atoms with Crippen LogP contribution in [0, 0.1) is 11.8 Å². The van der Waals surface area contributed by atoms with Gasteiger partial charge in [-0.25, -0.2) is 0 Å². The fourth-order valence-corrected chi connectivity index (χ4v) is 2.85. The van der Waals surface area contributed by atoms with Crippen molar-refractivity contribution in [3.05, 3.63) is 36.1 Å². The molecule has 0 heterocycles. The Hall–Kier alpha value is -1.68. The Morgan fingerprint density at radius 2 is 2.00 bits per heavy atom. The zero-order chi connectivity index (χ0) is 17.8. The Kier molecular flexibility index (Phi) is 10.0. The Labute approximate surface area is 145 Å². The van der Waals surface area contributed by atoms with Gasteiger partial charge in [-0.1, -0.05) is 50.5 Å². The highest BCUT2D eigenvalue weighted by molar-refractivity contribution is 5.96. The topological polar surface area (TPSA) is 74.6 Å². The second kappa shape index (κ2) is 11.8. The van der Waals surface area contributed by atoms with E-state index in [0.29, 0.717) is 19.3 Å². The van der Waals surface area contributed by atoms with Crippen molar-refractivity contribution < 1.29 is 19.8 Å². The monoisotopic (exact) mass is 334 g/mol. The molecule has 0 aromatic carbocycles. The van der Waals surface area contributed by atoms with E-state index in [9.17, 15) is 19.8 Å². The SMILES string of the molecule is CCCCCC(O)C=CC1C(=O)C=C(O)C1CC=CCCCC=O. The summed E-state index contributed by atoms with van der Waals surface area (Å²) >= 11 is 0. The number of carbonyl (C=O) groups is 2. The lowest BCUT2D eigenvalue weighted by Crippen LogP contribution is -2.15. The summed E-state index contributed by atoms with van der Waals surface area (Å²) in [5.41, 5.74) is 0. The maximum atomic E-state index is 12.0. The molecule has 0 aromatic heterocycles. The summed E-state index contributed by atoms with van der Waals surface area (Å²) in [5.74, 6) is -0.638. The minimum Gasteiger partial charge on any atom is -0.512 e. The molecule has 1 aliphatic rings. The lowest BCUT2D eigenvalue weighted by molar-refractivity contribution is -0.117. The van der Waals surface area contributed by atoms with Gasteiger partial charge in [-0.3, -0.25) is 4.79 Å². The lowest BCUT2D eigenvalue weighted by Gasteiger charge is -2.15. The van der Waals surface area contributed by atoms with E-state index in [1.54, 1.807) is 12.2 Å². The fraction of sp³-hybridized carbons (Fsp3) is 0.600. The maximum absolute atomic E-state index is 12.0. The third kappa shape index (κ3) is 7.26. The van der Waals surface area contributed by atoms with Gasteiger partial charge in [0.05, 0.1) is 12.0 Å². The smallest absolute Gasteiger partial charge is 0.166 e. The molecule has 1 aliphatic carbocycles. The van der Waals surface area contributed by atoms with Gasteiger partial charge in [-0.05, 0) is 25.7 Å². The van der Waals surface area contributed by atoms with Gasteiger partial charge in [-0.15, -0.1) is 0 Å². The summed E-state index contributed by atoms with van der Waals surface area (Å²) in [6, 6.07) is 0. The highest BCUT2D eigenvalue weighted by Gasteiger charge is 2.33. The second-order valence-corrected chi connectivity index (χ2v) is 6.36. The first-order valence-electron chi connectivity index (χ1n) is 8.99. The summed E-state index contributed by atoms with van der Waals surface area (Å²) in [4.78, 5) is 22.3. The van der Waals surface area contributed by atoms with Crippen molar-refractivity contribution in [3.8, 4) is 0 Å². The molecule has 0 spiro atoms. The van der Waals surface area contributed by atoms with Crippen LogP contribution >= 0.6 is 0 Å². The van der Waals surface area contributed by atoms with Crippen LogP contribution in [0.5, 0.6) is 0 Å². The third-order valence-electron chi connectivity index (χ3n) is 4.33. The largest absolute Gasteiger partial charge is 0.512 e. The van der Waals surface area contributed by atoms with Gasteiger partial charge in [0.15, 0.2) is 5.78 Å². The molecule has 0 amide bonds. The van der Waals surface area contributed by atoms with Crippen LogP contribution in [0.1, 0.15) is 58.3 Å². The summed E-state index contributed by atoms with van der Waals surface area (Å²) < 4.78 is 0. The molecule has 4 heteroatoms. The first-order valence-corrected chi connectivity index (χ1v) is 8.99. The summed E-state index contributed by atoms with van der Waals surface area (Å²) in [5, 5.41) is 19.9. The third-order valence-corrected chi connectivity index (χ3v) is 4.33. The zero-order valence-electron chi connectivity index (χ0n) is 14.6. The number of rotatable bonds is 12. The zero-order valence-corrected chi connectivity index (χ0v) is 14.6. The van der Waals surface area contributed by atoms with Crippen LogP contribution in [-0.4, -0.2) is 28.4 Å². The van der Waals surface area contributed by atoms with Gasteiger partial charge in [-0.2, -0.15) is 0 Å². The molecule has 3 unspecified atom stereocenters. The van der Waals surface area contributed by atoms with E-state index in [0.717, 1.165) is 38.4 Å². The lowest BCUT2D eigenvalue weighted by atomic mass is 9.89. The van der Waals surface area contributed by atoms with E-state index < -0.39 is 12.0 Å². The normalized spacial score (nSPS) is 22.4. The van der Waals surface area contributed by atoms with Crippen molar-refractivity contribution in [2.45, 2.75) is 64.4 Å². The number of unbranched alkanes of at least 4 members (excludes halogenated alkanes) is 4. The van der Waals surface area contributed by atoms with Gasteiger partial charge in [0, 0.05) is 18.4 Å². The van der Waals surface area contributed by atoms with E-state index >= 15 is 0 Å². The summed E-state index contributed by atoms with van der Waals surface area (Å²) in [7, 11) is 0. The number of ketones is 1. The first kappa shape index (κ1) is 20.4. The molecule has 0 saturated carbocycles. The molecular weight excluding hydrogens is 304 g/mol. The van der Waals surface area contributed by atoms with Gasteiger partial charge in [0.25, 0.3) is 0 Å². The molecule has 24 heavy (non-hydrogen) atoms. The molecule has 0 radical (unpaired) electrons. The number of aliphatic hydroxyl groups is 2. The average molecular weight is 334 g/mol. The van der Waals surface area contributed by atoms with Crippen molar-refractivity contribution >= 4 is 12.1 Å². The highest BCUT2D eigenvalue weighted by atomic mass is 16.3. The first-order chi connectivity index (χ1) is 11.6. The Morgan fingerprint density at radius 1 is 1.21 bits per heavy atom. The fourth-order valence-electron chi connectivity index (χ4n) is 2.85. The molecule has 0 saturated heterocycles.